The Morgan fingerprint density at radius 2 is 1.90 bits per heavy atom. The van der Waals surface area contributed by atoms with Crippen molar-refractivity contribution >= 4 is 21.8 Å². The average Bonchev–Trinajstić information content (AvgIpc) is 3.26. The van der Waals surface area contributed by atoms with Crippen molar-refractivity contribution in [1.82, 2.24) is 10.0 Å². The molecule has 0 aromatic heterocycles. The van der Waals surface area contributed by atoms with Gasteiger partial charge < -0.3 is 5.32 Å². The number of hydrogen-bond donors (Lipinski definition) is 2. The molecule has 2 N–H and O–H groups in total. The predicted octanol–water partition coefficient (Wildman–Crippen LogP) is 2.55. The number of amidine groups is 1. The second-order valence-electron chi connectivity index (χ2n) is 7.94. The summed E-state index contributed by atoms with van der Waals surface area (Å²) >= 11 is 0. The van der Waals surface area contributed by atoms with Crippen molar-refractivity contribution in [2.45, 2.75) is 50.6 Å². The first kappa shape index (κ1) is 19.6. The number of aliphatic imine (C=N–C) groups is 1. The highest BCUT2D eigenvalue weighted by Gasteiger charge is 2.32. The molecule has 0 saturated carbocycles. The van der Waals surface area contributed by atoms with Gasteiger partial charge in [-0.2, -0.15) is 0 Å². The van der Waals surface area contributed by atoms with E-state index < -0.39 is 16.1 Å². The zero-order chi connectivity index (χ0) is 20.6. The summed E-state index contributed by atoms with van der Waals surface area (Å²) in [5.41, 5.74) is 4.35. The normalized spacial score (nSPS) is 18.9. The number of nitrogens with zero attached hydrogens (tertiary/aromatic N) is 1. The molecule has 0 fully saturated rings. The van der Waals surface area contributed by atoms with E-state index in [0.717, 1.165) is 18.4 Å². The highest BCUT2D eigenvalue weighted by molar-refractivity contribution is 7.90. The van der Waals surface area contributed by atoms with Crippen LogP contribution in [-0.2, 0) is 34.2 Å². The van der Waals surface area contributed by atoms with Crippen LogP contribution < -0.4 is 10.0 Å². The lowest BCUT2D eigenvalue weighted by Gasteiger charge is -2.17. The molecule has 0 radical (unpaired) electrons. The Balaban J connectivity index is 1.52. The molecule has 1 heterocycles. The molecule has 4 rings (SSSR count). The standard InChI is InChI=1S/C22H25N3O3S/c1-14(2)20(24-21-18-8-3-4-9-19(18)29(27,28)25-21)22(26)23-13-15-10-11-16-6-5-7-17(16)12-15/h3-4,8-12,14,20H,5-7,13H2,1-2H3,(H,23,26)(H,24,25)/t20-/m0/s1. The first-order valence-corrected chi connectivity index (χ1v) is 11.4. The van der Waals surface area contributed by atoms with Crippen molar-refractivity contribution in [2.24, 2.45) is 10.9 Å². The van der Waals surface area contributed by atoms with Crippen molar-refractivity contribution in [3.63, 3.8) is 0 Å². The van der Waals surface area contributed by atoms with Crippen LogP contribution in [0.2, 0.25) is 0 Å². The summed E-state index contributed by atoms with van der Waals surface area (Å²) < 4.78 is 27.1. The maximum atomic E-state index is 12.9. The van der Waals surface area contributed by atoms with Gasteiger partial charge in [-0.25, -0.2) is 8.42 Å². The van der Waals surface area contributed by atoms with Crippen LogP contribution in [0.1, 0.15) is 42.5 Å². The van der Waals surface area contributed by atoms with Crippen LogP contribution in [0, 0.1) is 5.92 Å². The molecular formula is C22H25N3O3S. The predicted molar refractivity (Wildman–Crippen MR) is 112 cm³/mol. The molecule has 1 aliphatic carbocycles. The zero-order valence-electron chi connectivity index (χ0n) is 16.6. The molecule has 2 aromatic carbocycles. The fourth-order valence-electron chi connectivity index (χ4n) is 3.91. The molecule has 2 aromatic rings. The molecule has 1 aliphatic heterocycles. The van der Waals surface area contributed by atoms with E-state index in [2.05, 4.69) is 33.2 Å². The Morgan fingerprint density at radius 3 is 2.69 bits per heavy atom. The van der Waals surface area contributed by atoms with Crippen molar-refractivity contribution in [1.29, 1.82) is 0 Å². The minimum atomic E-state index is -3.63. The topological polar surface area (TPSA) is 87.6 Å². The first-order valence-electron chi connectivity index (χ1n) is 9.93. The number of carbonyl (C=O) groups excluding carboxylic acids is 1. The van der Waals surface area contributed by atoms with E-state index in [-0.39, 0.29) is 22.6 Å². The molecule has 7 heteroatoms. The number of fused-ring (bicyclic) bond motifs is 2. The van der Waals surface area contributed by atoms with Crippen LogP contribution in [0.3, 0.4) is 0 Å². The van der Waals surface area contributed by atoms with Gasteiger partial charge in [-0.15, -0.1) is 0 Å². The number of nitrogens with one attached hydrogen (secondary N) is 2. The molecule has 0 unspecified atom stereocenters. The Labute approximate surface area is 171 Å². The molecule has 2 aliphatic rings. The maximum absolute atomic E-state index is 12.9. The Bertz CT molecular complexity index is 1090. The first-order chi connectivity index (χ1) is 13.8. The number of benzene rings is 2. The molecule has 1 amide bonds. The third kappa shape index (κ3) is 3.92. The summed E-state index contributed by atoms with van der Waals surface area (Å²) in [4.78, 5) is 17.5. The number of rotatable bonds is 5. The number of carbonyl (C=O) groups is 1. The smallest absolute Gasteiger partial charge is 0.263 e. The summed E-state index contributed by atoms with van der Waals surface area (Å²) in [6.45, 7) is 4.24. The summed E-state index contributed by atoms with van der Waals surface area (Å²) in [6, 6.07) is 12.4. The van der Waals surface area contributed by atoms with Gasteiger partial charge in [-0.1, -0.05) is 44.2 Å². The molecule has 29 heavy (non-hydrogen) atoms. The monoisotopic (exact) mass is 411 g/mol. The van der Waals surface area contributed by atoms with Gasteiger partial charge in [0.25, 0.3) is 10.0 Å². The number of amides is 1. The second kappa shape index (κ2) is 7.63. The molecule has 0 spiro atoms. The van der Waals surface area contributed by atoms with Gasteiger partial charge in [0.1, 0.15) is 11.9 Å². The quantitative estimate of drug-likeness (QED) is 0.793. The summed E-state index contributed by atoms with van der Waals surface area (Å²) in [7, 11) is -3.63. The zero-order valence-corrected chi connectivity index (χ0v) is 17.4. The SMILES string of the molecule is CC(C)[C@H](N=C1NS(=O)(=O)c2ccccc21)C(=O)NCc1ccc2c(c1)CCC2. The van der Waals surface area contributed by atoms with Crippen LogP contribution in [0.25, 0.3) is 0 Å². The van der Waals surface area contributed by atoms with Crippen molar-refractivity contribution in [3.8, 4) is 0 Å². The van der Waals surface area contributed by atoms with Gasteiger partial charge in [-0.05, 0) is 54.0 Å². The lowest BCUT2D eigenvalue weighted by Crippen LogP contribution is -2.38. The minimum absolute atomic E-state index is 0.0835. The maximum Gasteiger partial charge on any atom is 0.263 e. The van der Waals surface area contributed by atoms with E-state index in [0.29, 0.717) is 12.1 Å². The van der Waals surface area contributed by atoms with Gasteiger partial charge in [0, 0.05) is 12.1 Å². The lowest BCUT2D eigenvalue weighted by molar-refractivity contribution is -0.123. The van der Waals surface area contributed by atoms with Gasteiger partial charge in [-0.3, -0.25) is 14.5 Å². The highest BCUT2D eigenvalue weighted by atomic mass is 32.2. The Hall–Kier alpha value is -2.67. The van der Waals surface area contributed by atoms with E-state index in [1.54, 1.807) is 24.3 Å². The van der Waals surface area contributed by atoms with Gasteiger partial charge in [0.05, 0.1) is 4.90 Å². The van der Waals surface area contributed by atoms with Gasteiger partial charge in [0.15, 0.2) is 0 Å². The highest BCUT2D eigenvalue weighted by Crippen LogP contribution is 2.24. The van der Waals surface area contributed by atoms with E-state index in [1.807, 2.05) is 13.8 Å². The van der Waals surface area contributed by atoms with E-state index in [1.165, 1.54) is 17.5 Å². The largest absolute Gasteiger partial charge is 0.350 e. The minimum Gasteiger partial charge on any atom is -0.350 e. The fraction of sp³-hybridized carbons (Fsp3) is 0.364. The molecule has 0 saturated heterocycles. The van der Waals surface area contributed by atoms with Crippen molar-refractivity contribution in [2.75, 3.05) is 0 Å². The average molecular weight is 412 g/mol. The Morgan fingerprint density at radius 1 is 1.14 bits per heavy atom. The van der Waals surface area contributed by atoms with Gasteiger partial charge >= 0.3 is 0 Å². The number of sulfonamides is 1. The third-order valence-corrected chi connectivity index (χ3v) is 6.86. The van der Waals surface area contributed by atoms with Crippen molar-refractivity contribution < 1.29 is 13.2 Å². The summed E-state index contributed by atoms with van der Waals surface area (Å²) in [5.74, 6) is -0.0663. The molecule has 152 valence electrons. The van der Waals surface area contributed by atoms with E-state index in [4.69, 9.17) is 0 Å². The van der Waals surface area contributed by atoms with E-state index in [9.17, 15) is 13.2 Å². The van der Waals surface area contributed by atoms with Crippen LogP contribution in [0.4, 0.5) is 0 Å². The fourth-order valence-corrected chi connectivity index (χ4v) is 5.15. The number of aryl methyl sites for hydroxylation is 2. The Kier molecular flexibility index (Phi) is 5.17. The van der Waals surface area contributed by atoms with E-state index >= 15 is 0 Å². The molecular weight excluding hydrogens is 386 g/mol. The van der Waals surface area contributed by atoms with Crippen LogP contribution in [0.5, 0.6) is 0 Å². The lowest BCUT2D eigenvalue weighted by atomic mass is 10.0. The van der Waals surface area contributed by atoms with Gasteiger partial charge in [0.2, 0.25) is 5.91 Å². The molecule has 0 bridgehead atoms. The van der Waals surface area contributed by atoms with Crippen LogP contribution in [0.15, 0.2) is 52.4 Å². The van der Waals surface area contributed by atoms with Crippen LogP contribution in [-0.4, -0.2) is 26.2 Å². The van der Waals surface area contributed by atoms with Crippen LogP contribution >= 0.6 is 0 Å². The second-order valence-corrected chi connectivity index (χ2v) is 9.59. The third-order valence-electron chi connectivity index (χ3n) is 5.46. The van der Waals surface area contributed by atoms with Crippen molar-refractivity contribution in [3.05, 3.63) is 64.7 Å². The molecule has 6 nitrogen and oxygen atoms in total. The summed E-state index contributed by atoms with van der Waals surface area (Å²) in [6.07, 6.45) is 3.42. The molecule has 1 atom stereocenters. The number of hydrogen-bond acceptors (Lipinski definition) is 4. The summed E-state index contributed by atoms with van der Waals surface area (Å²) in [5, 5.41) is 2.97.